The van der Waals surface area contributed by atoms with Crippen LogP contribution in [0.1, 0.15) is 37.9 Å². The molecule has 0 bridgehead atoms. The molecule has 2 heterocycles. The van der Waals surface area contributed by atoms with Crippen molar-refractivity contribution < 1.29 is 14.3 Å². The number of unbranched alkanes of at least 4 members (excludes halogenated alkanes) is 1. The fourth-order valence-corrected chi connectivity index (χ4v) is 4.88. The van der Waals surface area contributed by atoms with E-state index in [1.54, 1.807) is 6.07 Å². The quantitative estimate of drug-likeness (QED) is 0.406. The van der Waals surface area contributed by atoms with Crippen LogP contribution in [0.25, 0.3) is 10.9 Å². The fraction of sp³-hybridized carbons (Fsp3) is 0.444. The van der Waals surface area contributed by atoms with E-state index >= 15 is 0 Å². The summed E-state index contributed by atoms with van der Waals surface area (Å²) in [4.78, 5) is 12.1. The number of fused-ring (bicyclic) bond motifs is 3. The highest BCUT2D eigenvalue weighted by atomic mass is 127. The number of benzene rings is 1. The van der Waals surface area contributed by atoms with E-state index in [9.17, 15) is 4.79 Å². The number of hydrogen-bond donors (Lipinski definition) is 1. The Hall–Kier alpha value is -1.37. The van der Waals surface area contributed by atoms with Gasteiger partial charge in [-0.3, -0.25) is 0 Å². The van der Waals surface area contributed by atoms with Crippen molar-refractivity contribution in [1.29, 1.82) is 5.26 Å². The number of ether oxygens (including phenoxy) is 2. The monoisotopic (exact) mass is 521 g/mol. The van der Waals surface area contributed by atoms with E-state index in [1.807, 2.05) is 13.0 Å². The van der Waals surface area contributed by atoms with Crippen LogP contribution in [0.4, 0.5) is 4.79 Å². The molecule has 1 amide bonds. The summed E-state index contributed by atoms with van der Waals surface area (Å²) in [6, 6.07) is 3.41. The maximum absolute atomic E-state index is 12.1. The number of amides is 1. The molecular weight excluding hydrogens is 504 g/mol. The second-order valence-electron chi connectivity index (χ2n) is 6.17. The molecule has 0 fully saturated rings. The lowest BCUT2D eigenvalue weighted by Crippen LogP contribution is -2.28. The van der Waals surface area contributed by atoms with Crippen molar-refractivity contribution in [3.8, 4) is 11.8 Å². The van der Waals surface area contributed by atoms with Crippen molar-refractivity contribution in [1.82, 2.24) is 9.88 Å². The van der Waals surface area contributed by atoms with Crippen LogP contribution in [-0.2, 0) is 11.3 Å². The molecule has 1 aliphatic heterocycles. The Morgan fingerprint density at radius 1 is 1.52 bits per heavy atom. The first-order valence-corrected chi connectivity index (χ1v) is 10.5. The number of carbonyl (C=O) groups excluding carboxylic acids is 1. The molecule has 0 unspecified atom stereocenters. The van der Waals surface area contributed by atoms with Crippen LogP contribution in [-0.4, -0.2) is 23.9 Å². The van der Waals surface area contributed by atoms with Crippen LogP contribution in [0.2, 0.25) is 10.0 Å². The minimum atomic E-state index is -0.423. The third-order valence-electron chi connectivity index (χ3n) is 4.45. The molecule has 0 saturated heterocycles. The Morgan fingerprint density at radius 3 is 3.00 bits per heavy atom. The predicted octanol–water partition coefficient (Wildman–Crippen LogP) is 5.43. The van der Waals surface area contributed by atoms with Gasteiger partial charge >= 0.3 is 6.09 Å². The standard InChI is InChI=1S/C18H18Cl2IN3O3/c1-2-3-7-27-18(25)23-11-4-6-24-16(11)15(21)13-12(26-8-5-22)9-10(19)14(20)17(13)24/h9,11H,2-4,6-8H2,1H3,(H,23,25)/t11-/m0/s1. The van der Waals surface area contributed by atoms with Crippen molar-refractivity contribution in [2.24, 2.45) is 0 Å². The van der Waals surface area contributed by atoms with Crippen LogP contribution < -0.4 is 10.1 Å². The first-order chi connectivity index (χ1) is 13.0. The largest absolute Gasteiger partial charge is 0.478 e. The van der Waals surface area contributed by atoms with E-state index in [0.29, 0.717) is 28.9 Å². The Balaban J connectivity index is 1.98. The zero-order valence-corrected chi connectivity index (χ0v) is 18.3. The highest BCUT2D eigenvalue weighted by Crippen LogP contribution is 2.46. The summed E-state index contributed by atoms with van der Waals surface area (Å²) in [6.45, 7) is 3.05. The zero-order valence-electron chi connectivity index (χ0n) is 14.7. The third kappa shape index (κ3) is 3.93. The molecule has 2 aromatic rings. The fourth-order valence-electron chi connectivity index (χ4n) is 3.25. The van der Waals surface area contributed by atoms with Crippen LogP contribution in [0.15, 0.2) is 6.07 Å². The Bertz CT molecular complexity index is 923. The minimum Gasteiger partial charge on any atom is -0.478 e. The van der Waals surface area contributed by atoms with Crippen molar-refractivity contribution in [3.63, 3.8) is 0 Å². The van der Waals surface area contributed by atoms with E-state index < -0.39 is 6.09 Å². The van der Waals surface area contributed by atoms with Crippen molar-refractivity contribution >= 4 is 62.8 Å². The highest BCUT2D eigenvalue weighted by Gasteiger charge is 2.33. The molecule has 0 radical (unpaired) electrons. The molecule has 1 aromatic carbocycles. The van der Waals surface area contributed by atoms with E-state index in [4.69, 9.17) is 37.9 Å². The van der Waals surface area contributed by atoms with E-state index in [2.05, 4.69) is 32.5 Å². The smallest absolute Gasteiger partial charge is 0.407 e. The molecule has 144 valence electrons. The van der Waals surface area contributed by atoms with E-state index in [-0.39, 0.29) is 12.6 Å². The molecule has 6 nitrogen and oxygen atoms in total. The van der Waals surface area contributed by atoms with Crippen molar-refractivity contribution in [3.05, 3.63) is 25.4 Å². The summed E-state index contributed by atoms with van der Waals surface area (Å²) in [5, 5.41) is 13.4. The summed E-state index contributed by atoms with van der Waals surface area (Å²) < 4.78 is 13.8. The van der Waals surface area contributed by atoms with Gasteiger partial charge in [-0.15, -0.1) is 0 Å². The van der Waals surface area contributed by atoms with Crippen LogP contribution in [0.5, 0.6) is 5.75 Å². The molecule has 1 atom stereocenters. The summed E-state index contributed by atoms with van der Waals surface area (Å²) in [7, 11) is 0. The number of aryl methyl sites for hydroxylation is 1. The SMILES string of the molecule is CCCCOC(=O)N[C@H]1CCn2c1c(I)c1c(OCC#N)cc(Cl)c(Cl)c12. The van der Waals surface area contributed by atoms with Gasteiger partial charge in [0.2, 0.25) is 0 Å². The number of aromatic nitrogens is 1. The molecule has 0 spiro atoms. The maximum atomic E-state index is 12.1. The normalized spacial score (nSPS) is 15.4. The molecule has 0 aliphatic carbocycles. The second-order valence-corrected chi connectivity index (χ2v) is 8.03. The summed E-state index contributed by atoms with van der Waals surface area (Å²) in [5.74, 6) is 0.511. The molecule has 3 rings (SSSR count). The lowest BCUT2D eigenvalue weighted by atomic mass is 10.1. The Morgan fingerprint density at radius 2 is 2.30 bits per heavy atom. The molecule has 1 aromatic heterocycles. The van der Waals surface area contributed by atoms with Gasteiger partial charge in [-0.05, 0) is 35.4 Å². The Labute approximate surface area is 180 Å². The number of alkyl carbamates (subject to hydrolysis) is 1. The van der Waals surface area contributed by atoms with Crippen LogP contribution in [0, 0.1) is 14.9 Å². The molecular formula is C18H18Cl2IN3O3. The zero-order chi connectivity index (χ0) is 19.6. The van der Waals surface area contributed by atoms with Gasteiger partial charge in [0, 0.05) is 16.2 Å². The van der Waals surface area contributed by atoms with Gasteiger partial charge in [0.15, 0.2) is 6.61 Å². The number of halogens is 3. The Kier molecular flexibility index (Phi) is 6.61. The lowest BCUT2D eigenvalue weighted by molar-refractivity contribution is 0.140. The van der Waals surface area contributed by atoms with Crippen molar-refractivity contribution in [2.75, 3.05) is 13.2 Å². The van der Waals surface area contributed by atoms with E-state index in [0.717, 1.165) is 39.4 Å². The summed E-state index contributed by atoms with van der Waals surface area (Å²) >= 11 is 15.0. The minimum absolute atomic E-state index is 0.0882. The van der Waals surface area contributed by atoms with Crippen molar-refractivity contribution in [2.45, 2.75) is 38.8 Å². The number of rotatable bonds is 6. The van der Waals surface area contributed by atoms with Crippen LogP contribution >= 0.6 is 45.8 Å². The van der Waals surface area contributed by atoms with Gasteiger partial charge in [-0.1, -0.05) is 36.5 Å². The second kappa shape index (κ2) is 8.76. The number of carbonyl (C=O) groups is 1. The average molecular weight is 522 g/mol. The topological polar surface area (TPSA) is 76.3 Å². The highest BCUT2D eigenvalue weighted by molar-refractivity contribution is 14.1. The lowest BCUT2D eigenvalue weighted by Gasteiger charge is -2.13. The summed E-state index contributed by atoms with van der Waals surface area (Å²) in [5.41, 5.74) is 1.71. The van der Waals surface area contributed by atoms with E-state index in [1.165, 1.54) is 0 Å². The van der Waals surface area contributed by atoms with Gasteiger partial charge in [-0.2, -0.15) is 5.26 Å². The molecule has 1 aliphatic rings. The maximum Gasteiger partial charge on any atom is 0.407 e. The number of hydrogen-bond acceptors (Lipinski definition) is 4. The molecule has 0 saturated carbocycles. The molecule has 1 N–H and O–H groups in total. The number of nitrogens with zero attached hydrogens (tertiary/aromatic N) is 2. The third-order valence-corrected chi connectivity index (χ3v) is 6.32. The number of nitrogens with one attached hydrogen (secondary N) is 1. The van der Waals surface area contributed by atoms with Gasteiger partial charge in [0.1, 0.15) is 11.8 Å². The van der Waals surface area contributed by atoms with Gasteiger partial charge in [0.05, 0.1) is 39.3 Å². The molecule has 27 heavy (non-hydrogen) atoms. The van der Waals surface area contributed by atoms with Gasteiger partial charge < -0.3 is 19.4 Å². The van der Waals surface area contributed by atoms with Gasteiger partial charge in [-0.25, -0.2) is 4.79 Å². The first kappa shape index (κ1) is 20.4. The summed E-state index contributed by atoms with van der Waals surface area (Å²) in [6.07, 6.45) is 2.12. The molecule has 9 heteroatoms. The number of nitriles is 1. The van der Waals surface area contributed by atoms with Crippen LogP contribution in [0.3, 0.4) is 0 Å². The van der Waals surface area contributed by atoms with Gasteiger partial charge in [0.25, 0.3) is 0 Å². The predicted molar refractivity (Wildman–Crippen MR) is 113 cm³/mol. The first-order valence-electron chi connectivity index (χ1n) is 8.62. The average Bonchev–Trinajstić information content (AvgIpc) is 3.17.